The van der Waals surface area contributed by atoms with Crippen molar-refractivity contribution >= 4 is 15.7 Å². The predicted molar refractivity (Wildman–Crippen MR) is 73.9 cm³/mol. The molecular weight excluding hydrogens is 262 g/mol. The van der Waals surface area contributed by atoms with Crippen LogP contribution in [0.3, 0.4) is 0 Å². The van der Waals surface area contributed by atoms with Gasteiger partial charge in [-0.25, -0.2) is 8.42 Å². The van der Waals surface area contributed by atoms with Crippen molar-refractivity contribution in [1.82, 2.24) is 4.90 Å². The molecular formula is C14H19NO3S. The SMILES string of the molecule is CC1CCCCN1C(=O)c1ccccc1S(C)(=O)=O. The molecule has 0 aromatic heterocycles. The highest BCUT2D eigenvalue weighted by Crippen LogP contribution is 2.22. The van der Waals surface area contributed by atoms with Gasteiger partial charge in [-0.05, 0) is 38.3 Å². The molecule has 1 heterocycles. The summed E-state index contributed by atoms with van der Waals surface area (Å²) in [5, 5.41) is 0. The lowest BCUT2D eigenvalue weighted by molar-refractivity contribution is 0.0631. The summed E-state index contributed by atoms with van der Waals surface area (Å²) in [7, 11) is -3.38. The van der Waals surface area contributed by atoms with Crippen molar-refractivity contribution in [2.45, 2.75) is 37.1 Å². The van der Waals surface area contributed by atoms with Crippen molar-refractivity contribution in [3.8, 4) is 0 Å². The quantitative estimate of drug-likeness (QED) is 0.834. The standard InChI is InChI=1S/C14H19NO3S/c1-11-7-5-6-10-15(11)14(16)12-8-3-4-9-13(12)19(2,17)18/h3-4,8-9,11H,5-7,10H2,1-2H3. The van der Waals surface area contributed by atoms with Crippen LogP contribution < -0.4 is 0 Å². The van der Waals surface area contributed by atoms with Crippen molar-refractivity contribution in [1.29, 1.82) is 0 Å². The summed E-state index contributed by atoms with van der Waals surface area (Å²) in [5.41, 5.74) is 0.291. The summed E-state index contributed by atoms with van der Waals surface area (Å²) < 4.78 is 23.5. The Bertz CT molecular complexity index is 580. The van der Waals surface area contributed by atoms with Crippen molar-refractivity contribution in [3.63, 3.8) is 0 Å². The zero-order valence-corrected chi connectivity index (χ0v) is 12.1. The second-order valence-electron chi connectivity index (χ2n) is 5.11. The number of hydrogen-bond acceptors (Lipinski definition) is 3. The molecule has 0 radical (unpaired) electrons. The van der Waals surface area contributed by atoms with E-state index in [1.54, 1.807) is 23.1 Å². The molecule has 5 heteroatoms. The molecule has 0 bridgehead atoms. The predicted octanol–water partition coefficient (Wildman–Crippen LogP) is 2.10. The number of sulfone groups is 1. The van der Waals surface area contributed by atoms with E-state index in [4.69, 9.17) is 0 Å². The summed E-state index contributed by atoms with van der Waals surface area (Å²) in [4.78, 5) is 14.4. The molecule has 0 spiro atoms. The van der Waals surface area contributed by atoms with Crippen molar-refractivity contribution in [3.05, 3.63) is 29.8 Å². The van der Waals surface area contributed by atoms with Crippen molar-refractivity contribution < 1.29 is 13.2 Å². The topological polar surface area (TPSA) is 54.5 Å². The Morgan fingerprint density at radius 2 is 1.95 bits per heavy atom. The first kappa shape index (κ1) is 14.1. The Balaban J connectivity index is 2.39. The highest BCUT2D eigenvalue weighted by atomic mass is 32.2. The fraction of sp³-hybridized carbons (Fsp3) is 0.500. The third-order valence-electron chi connectivity index (χ3n) is 3.58. The fourth-order valence-electron chi connectivity index (χ4n) is 2.52. The lowest BCUT2D eigenvalue weighted by Crippen LogP contribution is -2.42. The van der Waals surface area contributed by atoms with Crippen LogP contribution in [0.1, 0.15) is 36.5 Å². The van der Waals surface area contributed by atoms with Crippen LogP contribution in [-0.4, -0.2) is 38.1 Å². The monoisotopic (exact) mass is 281 g/mol. The molecule has 1 fully saturated rings. The minimum Gasteiger partial charge on any atom is -0.336 e. The summed E-state index contributed by atoms with van der Waals surface area (Å²) >= 11 is 0. The molecule has 1 aliphatic rings. The van der Waals surface area contributed by atoms with Crippen LogP contribution >= 0.6 is 0 Å². The third-order valence-corrected chi connectivity index (χ3v) is 4.74. The van der Waals surface area contributed by atoms with Gasteiger partial charge in [-0.2, -0.15) is 0 Å². The van der Waals surface area contributed by atoms with Gasteiger partial charge in [0.1, 0.15) is 0 Å². The molecule has 1 aliphatic heterocycles. The van der Waals surface area contributed by atoms with Crippen LogP contribution in [0.25, 0.3) is 0 Å². The lowest BCUT2D eigenvalue weighted by atomic mass is 10.0. The average molecular weight is 281 g/mol. The van der Waals surface area contributed by atoms with Crippen LogP contribution in [0.2, 0.25) is 0 Å². The molecule has 1 aromatic carbocycles. The minimum atomic E-state index is -3.38. The molecule has 104 valence electrons. The normalized spacial score (nSPS) is 20.3. The summed E-state index contributed by atoms with van der Waals surface area (Å²) in [5.74, 6) is -0.173. The Labute approximate surface area is 114 Å². The first-order chi connectivity index (χ1) is 8.91. The Kier molecular flexibility index (Phi) is 3.94. The van der Waals surface area contributed by atoms with Crippen LogP contribution in [-0.2, 0) is 9.84 Å². The highest BCUT2D eigenvalue weighted by molar-refractivity contribution is 7.90. The average Bonchev–Trinajstić information content (AvgIpc) is 2.37. The first-order valence-electron chi connectivity index (χ1n) is 6.51. The van der Waals surface area contributed by atoms with E-state index in [9.17, 15) is 13.2 Å². The zero-order chi connectivity index (χ0) is 14.0. The van der Waals surface area contributed by atoms with Gasteiger partial charge in [0.05, 0.1) is 10.5 Å². The van der Waals surface area contributed by atoms with Crippen LogP contribution in [0.4, 0.5) is 0 Å². The Morgan fingerprint density at radius 1 is 1.26 bits per heavy atom. The van der Waals surface area contributed by atoms with Crippen LogP contribution in [0.5, 0.6) is 0 Å². The Morgan fingerprint density at radius 3 is 2.58 bits per heavy atom. The number of amides is 1. The second kappa shape index (κ2) is 5.33. The van der Waals surface area contributed by atoms with E-state index >= 15 is 0 Å². The minimum absolute atomic E-state index is 0.123. The number of hydrogen-bond donors (Lipinski definition) is 0. The smallest absolute Gasteiger partial charge is 0.255 e. The maximum Gasteiger partial charge on any atom is 0.255 e. The number of rotatable bonds is 2. The molecule has 4 nitrogen and oxygen atoms in total. The number of piperidine rings is 1. The van der Waals surface area contributed by atoms with Crippen molar-refractivity contribution in [2.75, 3.05) is 12.8 Å². The first-order valence-corrected chi connectivity index (χ1v) is 8.40. The third kappa shape index (κ3) is 2.97. The molecule has 19 heavy (non-hydrogen) atoms. The van der Waals surface area contributed by atoms with Gasteiger partial charge >= 0.3 is 0 Å². The fourth-order valence-corrected chi connectivity index (χ4v) is 3.40. The maximum absolute atomic E-state index is 12.5. The van der Waals surface area contributed by atoms with E-state index in [1.165, 1.54) is 6.07 Å². The number of likely N-dealkylation sites (tertiary alicyclic amines) is 1. The number of carbonyl (C=O) groups excluding carboxylic acids is 1. The van der Waals surface area contributed by atoms with Gasteiger partial charge < -0.3 is 4.90 Å². The highest BCUT2D eigenvalue weighted by Gasteiger charge is 2.27. The Hall–Kier alpha value is -1.36. The van der Waals surface area contributed by atoms with E-state index in [2.05, 4.69) is 0 Å². The zero-order valence-electron chi connectivity index (χ0n) is 11.3. The molecule has 1 unspecified atom stereocenters. The molecule has 0 aliphatic carbocycles. The largest absolute Gasteiger partial charge is 0.336 e. The van der Waals surface area contributed by atoms with E-state index in [0.29, 0.717) is 12.1 Å². The van der Waals surface area contributed by atoms with Crippen molar-refractivity contribution in [2.24, 2.45) is 0 Å². The summed E-state index contributed by atoms with van der Waals surface area (Å²) in [6.45, 7) is 2.72. The van der Waals surface area contributed by atoms with Crippen LogP contribution in [0, 0.1) is 0 Å². The molecule has 1 atom stereocenters. The van der Waals surface area contributed by atoms with E-state index in [1.807, 2.05) is 6.92 Å². The molecule has 0 N–H and O–H groups in total. The van der Waals surface area contributed by atoms with E-state index < -0.39 is 9.84 Å². The molecule has 0 saturated carbocycles. The second-order valence-corrected chi connectivity index (χ2v) is 7.10. The molecule has 2 rings (SSSR count). The van der Waals surface area contributed by atoms with Gasteiger partial charge in [0.2, 0.25) is 0 Å². The maximum atomic E-state index is 12.5. The van der Waals surface area contributed by atoms with Crippen LogP contribution in [0.15, 0.2) is 29.2 Å². The number of benzene rings is 1. The van der Waals surface area contributed by atoms with Gasteiger partial charge in [0.25, 0.3) is 5.91 Å². The molecule has 1 aromatic rings. The lowest BCUT2D eigenvalue weighted by Gasteiger charge is -2.33. The number of carbonyl (C=O) groups is 1. The van der Waals surface area contributed by atoms with Gasteiger partial charge in [0, 0.05) is 18.8 Å². The molecule has 1 saturated heterocycles. The van der Waals surface area contributed by atoms with E-state index in [0.717, 1.165) is 25.5 Å². The molecule has 1 amide bonds. The summed E-state index contributed by atoms with van der Waals surface area (Å²) in [6.07, 6.45) is 4.22. The van der Waals surface area contributed by atoms with Gasteiger partial charge in [-0.15, -0.1) is 0 Å². The van der Waals surface area contributed by atoms with E-state index in [-0.39, 0.29) is 16.8 Å². The number of nitrogens with zero attached hydrogens (tertiary/aromatic N) is 1. The van der Waals surface area contributed by atoms with Gasteiger partial charge in [0.15, 0.2) is 9.84 Å². The van der Waals surface area contributed by atoms with Gasteiger partial charge in [-0.1, -0.05) is 12.1 Å². The van der Waals surface area contributed by atoms with Gasteiger partial charge in [-0.3, -0.25) is 4.79 Å². The summed E-state index contributed by atoms with van der Waals surface area (Å²) in [6, 6.07) is 6.62.